The van der Waals surface area contributed by atoms with Gasteiger partial charge >= 0.3 is 31.3 Å². The Morgan fingerprint density at radius 1 is 0.186 bits per heavy atom. The molecule has 1 fully saturated rings. The van der Waals surface area contributed by atoms with Crippen LogP contribution in [0.15, 0.2) is 303 Å². The zero-order valence-electron chi connectivity index (χ0n) is 55.8. The van der Waals surface area contributed by atoms with Crippen LogP contribution in [0.4, 0.5) is 0 Å². The van der Waals surface area contributed by atoms with Gasteiger partial charge in [0.1, 0.15) is 50.2 Å². The van der Waals surface area contributed by atoms with Crippen LogP contribution >= 0.6 is 31.3 Å². The van der Waals surface area contributed by atoms with E-state index in [0.717, 1.165) is 11.1 Å². The zero-order valence-corrected chi connectivity index (χ0v) is 59.3. The maximum Gasteiger partial charge on any atom is 0.475 e. The fourth-order valence-electron chi connectivity index (χ4n) is 10.5. The third-order valence-corrected chi connectivity index (χ3v) is 21.3. The summed E-state index contributed by atoms with van der Waals surface area (Å²) in [5, 5.41) is 0. The summed E-state index contributed by atoms with van der Waals surface area (Å²) < 4.78 is 172. The summed E-state index contributed by atoms with van der Waals surface area (Å²) in [6.07, 6.45) is -12.4. The summed E-state index contributed by atoms with van der Waals surface area (Å²) in [5.41, 5.74) is 5.87. The minimum Gasteiger partial charge on any atom is -0.351 e. The molecule has 11 rings (SSSR count). The molecule has 2 unspecified atom stereocenters. The monoisotopic (exact) mass is 1460 g/mol. The average Bonchev–Trinajstić information content (AvgIpc) is 0.742. The van der Waals surface area contributed by atoms with Crippen molar-refractivity contribution in [3.63, 3.8) is 0 Å². The van der Waals surface area contributed by atoms with Crippen LogP contribution in [0.2, 0.25) is 0 Å². The lowest BCUT2D eigenvalue weighted by Gasteiger charge is -2.49. The molecular formula is C78H80O20P4. The van der Waals surface area contributed by atoms with Crippen LogP contribution in [0, 0.1) is 0 Å². The van der Waals surface area contributed by atoms with Crippen molar-refractivity contribution >= 4 is 31.3 Å². The van der Waals surface area contributed by atoms with Crippen molar-refractivity contribution < 1.29 is 91.5 Å². The lowest BCUT2D eigenvalue weighted by molar-refractivity contribution is -0.264. The highest BCUT2D eigenvalue weighted by atomic mass is 31.2. The van der Waals surface area contributed by atoms with Gasteiger partial charge in [-0.2, -0.15) is 0 Å². The molecule has 20 nitrogen and oxygen atoms in total. The standard InChI is InChI=1S/C78H80O20P4/c79-99(87-53-65-35-15-3-16-36-65,88-54-66-37-17-4-18-38-66)95-75-73(85-61-83-51-63-31-11-1-12-32-63)76(96-100(80,89-55-67-39-19-5-20-40-67)90-56-68-41-21-6-22-42-68)78(98-102(82,93-59-71-47-27-9-28-48-71)94-60-72-49-29-10-30-50-72)77(74(75)86-62-84-52-64-33-13-2-14-34-64)97-101(81,91-57-69-43-23-7-24-44-69)92-58-70-45-25-8-26-46-70/h1-50,73-78H,51-62H2/t73-,74-,75?,76-,77+,78?/m0/s1. The molecule has 0 amide bonds. The molecule has 0 aromatic heterocycles. The van der Waals surface area contributed by atoms with Gasteiger partial charge in [0, 0.05) is 0 Å². The molecule has 0 aliphatic heterocycles. The minimum absolute atomic E-state index is 0.0300. The molecule has 0 saturated heterocycles. The smallest absolute Gasteiger partial charge is 0.351 e. The normalized spacial score (nSPS) is 17.3. The average molecular weight is 1460 g/mol. The van der Waals surface area contributed by atoms with Gasteiger partial charge in [-0.1, -0.05) is 303 Å². The van der Waals surface area contributed by atoms with E-state index < -0.39 is 81.5 Å². The topological polar surface area (TPSA) is 216 Å². The second-order valence-corrected chi connectivity index (χ2v) is 29.8. The Morgan fingerprint density at radius 3 is 0.490 bits per heavy atom. The van der Waals surface area contributed by atoms with Crippen molar-refractivity contribution in [2.24, 2.45) is 0 Å². The van der Waals surface area contributed by atoms with E-state index in [1.54, 1.807) is 231 Å². The van der Waals surface area contributed by atoms with Crippen molar-refractivity contribution in [3.05, 3.63) is 359 Å². The molecule has 10 aromatic carbocycles. The van der Waals surface area contributed by atoms with Crippen LogP contribution < -0.4 is 0 Å². The number of rotatable bonds is 42. The first kappa shape index (κ1) is 75.6. The number of ether oxygens (including phenoxy) is 4. The molecule has 24 heteroatoms. The van der Waals surface area contributed by atoms with Crippen LogP contribution in [-0.4, -0.2) is 50.2 Å². The van der Waals surface area contributed by atoms with E-state index in [1.165, 1.54) is 0 Å². The van der Waals surface area contributed by atoms with E-state index in [4.69, 9.17) is 73.2 Å². The Labute approximate surface area is 595 Å². The summed E-state index contributed by atoms with van der Waals surface area (Å²) in [5.74, 6) is 0. The number of phosphoric ester groups is 4. The highest BCUT2D eigenvalue weighted by molar-refractivity contribution is 7.49. The Balaban J connectivity index is 1.14. The first-order chi connectivity index (χ1) is 49.9. The van der Waals surface area contributed by atoms with Crippen molar-refractivity contribution in [1.29, 1.82) is 0 Å². The van der Waals surface area contributed by atoms with Crippen molar-refractivity contribution in [2.45, 2.75) is 103 Å². The molecule has 6 atom stereocenters. The first-order valence-corrected chi connectivity index (χ1v) is 38.9. The summed E-state index contributed by atoms with van der Waals surface area (Å²) in [7, 11) is -20.9. The number of benzene rings is 10. The van der Waals surface area contributed by atoms with E-state index in [1.807, 2.05) is 72.8 Å². The van der Waals surface area contributed by atoms with E-state index in [2.05, 4.69) is 0 Å². The minimum atomic E-state index is -5.25. The van der Waals surface area contributed by atoms with E-state index in [9.17, 15) is 0 Å². The molecule has 10 aromatic rings. The summed E-state index contributed by atoms with van der Waals surface area (Å²) in [6.45, 7) is -4.38. The van der Waals surface area contributed by atoms with Crippen LogP contribution in [-0.2, 0) is 158 Å². The van der Waals surface area contributed by atoms with E-state index in [-0.39, 0.29) is 66.1 Å². The van der Waals surface area contributed by atoms with Gasteiger partial charge in [0.25, 0.3) is 0 Å². The third kappa shape index (κ3) is 24.3. The van der Waals surface area contributed by atoms with Crippen molar-refractivity contribution in [3.8, 4) is 0 Å². The van der Waals surface area contributed by atoms with Crippen LogP contribution in [0.25, 0.3) is 0 Å². The Bertz CT molecular complexity index is 3860. The summed E-state index contributed by atoms with van der Waals surface area (Å²) in [6, 6.07) is 89.2. The first-order valence-electron chi connectivity index (χ1n) is 33.0. The van der Waals surface area contributed by atoms with Gasteiger partial charge in [0.05, 0.1) is 66.1 Å². The van der Waals surface area contributed by atoms with Gasteiger partial charge in [0.2, 0.25) is 0 Å². The fraction of sp³-hybridized carbons (Fsp3) is 0.231. The van der Waals surface area contributed by atoms with Gasteiger partial charge in [0.15, 0.2) is 0 Å². The maximum atomic E-state index is 16.6. The number of phosphoric acid groups is 4. The van der Waals surface area contributed by atoms with Crippen LogP contribution in [0.5, 0.6) is 0 Å². The number of hydrogen-bond donors (Lipinski definition) is 0. The maximum absolute atomic E-state index is 16.6. The second-order valence-electron chi connectivity index (χ2n) is 23.3. The van der Waals surface area contributed by atoms with Crippen molar-refractivity contribution in [2.75, 3.05) is 13.6 Å². The van der Waals surface area contributed by atoms with Crippen LogP contribution in [0.1, 0.15) is 55.6 Å². The third-order valence-electron chi connectivity index (χ3n) is 15.7. The molecular weight excluding hydrogens is 1380 g/mol. The molecule has 0 bridgehead atoms. The van der Waals surface area contributed by atoms with E-state index in [0.29, 0.717) is 44.5 Å². The Kier molecular flexibility index (Phi) is 29.2. The molecule has 1 aliphatic rings. The quantitative estimate of drug-likeness (QED) is 0.0197. The predicted molar refractivity (Wildman–Crippen MR) is 382 cm³/mol. The molecule has 0 spiro atoms. The molecule has 1 aliphatic carbocycles. The molecule has 0 radical (unpaired) electrons. The largest absolute Gasteiger partial charge is 0.475 e. The summed E-state index contributed by atoms with van der Waals surface area (Å²) >= 11 is 0. The highest BCUT2D eigenvalue weighted by Gasteiger charge is 2.62. The van der Waals surface area contributed by atoms with Gasteiger partial charge in [-0.25, -0.2) is 18.3 Å². The Hall–Kier alpha value is -7.52. The predicted octanol–water partition coefficient (Wildman–Crippen LogP) is 18.8. The molecule has 0 N–H and O–H groups in total. The van der Waals surface area contributed by atoms with Crippen molar-refractivity contribution in [1.82, 2.24) is 0 Å². The highest BCUT2D eigenvalue weighted by Crippen LogP contribution is 2.63. The molecule has 0 heterocycles. The summed E-state index contributed by atoms with van der Waals surface area (Å²) in [4.78, 5) is 0. The zero-order chi connectivity index (χ0) is 70.4. The fourth-order valence-corrected chi connectivity index (χ4v) is 15.9. The molecule has 532 valence electrons. The SMILES string of the molecule is O=P(OCc1ccccc1)(OCc1ccccc1)OC1[C@@H](OP(=O)(OCc2ccccc2)OCc2ccccc2)[C@@H](OCOCc2ccccc2)C(OP(=O)(OCc2ccccc2)OCc2ccccc2)[C@H](OCOCc2ccccc2)[C@H]1OP(=O)(OCc1ccccc1)OCc1ccccc1. The van der Waals surface area contributed by atoms with Gasteiger partial charge in [-0.15, -0.1) is 0 Å². The van der Waals surface area contributed by atoms with Gasteiger partial charge in [-0.3, -0.25) is 54.3 Å². The lowest BCUT2D eigenvalue weighted by Crippen LogP contribution is -2.67. The molecule has 102 heavy (non-hydrogen) atoms. The van der Waals surface area contributed by atoms with Crippen LogP contribution in [0.3, 0.4) is 0 Å². The second kappa shape index (κ2) is 39.4. The van der Waals surface area contributed by atoms with Gasteiger partial charge in [-0.05, 0) is 55.6 Å². The molecule has 1 saturated carbocycles. The lowest BCUT2D eigenvalue weighted by atomic mass is 9.84. The number of hydrogen-bond acceptors (Lipinski definition) is 20. The van der Waals surface area contributed by atoms with E-state index >= 15 is 18.3 Å². The Morgan fingerprint density at radius 2 is 0.324 bits per heavy atom. The van der Waals surface area contributed by atoms with Gasteiger partial charge < -0.3 is 18.9 Å².